The molecule has 0 aliphatic heterocycles. The summed E-state index contributed by atoms with van der Waals surface area (Å²) < 4.78 is 9.60. The van der Waals surface area contributed by atoms with Gasteiger partial charge < -0.3 is 9.47 Å². The van der Waals surface area contributed by atoms with Crippen molar-refractivity contribution in [2.45, 2.75) is 6.92 Å². The number of Topliss-reactive ketones (excluding diaryl/α,β-unsaturated/α-hetero) is 1. The molecule has 5 nitrogen and oxygen atoms in total. The number of rotatable bonds is 3. The van der Waals surface area contributed by atoms with Crippen LogP contribution in [0.5, 0.6) is 5.75 Å². The first kappa shape index (κ1) is 14.0. The Hall–Kier alpha value is -2.43. The molecular weight excluding hydrogens is 260 g/mol. The Labute approximate surface area is 116 Å². The smallest absolute Gasteiger partial charge is 0.327 e. The van der Waals surface area contributed by atoms with E-state index < -0.39 is 23.0 Å². The van der Waals surface area contributed by atoms with Gasteiger partial charge in [-0.15, -0.1) is 0 Å². The van der Waals surface area contributed by atoms with E-state index >= 15 is 0 Å². The van der Waals surface area contributed by atoms with Crippen molar-refractivity contribution in [1.82, 2.24) is 0 Å². The van der Waals surface area contributed by atoms with Gasteiger partial charge in [0, 0.05) is 5.57 Å². The number of ketones is 2. The van der Waals surface area contributed by atoms with Crippen LogP contribution in [0.2, 0.25) is 0 Å². The molecule has 2 rings (SSSR count). The Kier molecular flexibility index (Phi) is 3.44. The number of carbonyl (C=O) groups excluding carboxylic acids is 3. The fourth-order valence-corrected chi connectivity index (χ4v) is 2.10. The maximum absolute atomic E-state index is 12.4. The molecule has 0 amide bonds. The van der Waals surface area contributed by atoms with Gasteiger partial charge in [0.25, 0.3) is 0 Å². The van der Waals surface area contributed by atoms with Crippen molar-refractivity contribution < 1.29 is 23.9 Å². The zero-order valence-electron chi connectivity index (χ0n) is 11.4. The van der Waals surface area contributed by atoms with Crippen LogP contribution in [0.4, 0.5) is 0 Å². The van der Waals surface area contributed by atoms with Crippen molar-refractivity contribution in [2.24, 2.45) is 5.41 Å². The standard InChI is InChI=1S/C15H14O5/c1-15(14(18)20-3)12(16)8-11(13(15)17)9-4-6-10(19-2)7-5-9/h4-8H,1-3H3. The van der Waals surface area contributed by atoms with Crippen molar-refractivity contribution in [3.05, 3.63) is 35.9 Å². The maximum Gasteiger partial charge on any atom is 0.327 e. The third kappa shape index (κ3) is 1.91. The molecule has 1 unspecified atom stereocenters. The number of hydrogen-bond acceptors (Lipinski definition) is 5. The van der Waals surface area contributed by atoms with Crippen molar-refractivity contribution in [2.75, 3.05) is 14.2 Å². The molecule has 1 atom stereocenters. The van der Waals surface area contributed by atoms with Crippen LogP contribution in [0.15, 0.2) is 30.3 Å². The fraction of sp³-hybridized carbons (Fsp3) is 0.267. The lowest BCUT2D eigenvalue weighted by Gasteiger charge is -2.17. The van der Waals surface area contributed by atoms with Crippen LogP contribution in [0.1, 0.15) is 12.5 Å². The lowest BCUT2D eigenvalue weighted by Crippen LogP contribution is -2.40. The Balaban J connectivity index is 2.40. The Bertz CT molecular complexity index is 612. The van der Waals surface area contributed by atoms with Crippen LogP contribution in [-0.4, -0.2) is 31.8 Å². The van der Waals surface area contributed by atoms with E-state index in [1.807, 2.05) is 0 Å². The van der Waals surface area contributed by atoms with Gasteiger partial charge in [-0.05, 0) is 30.7 Å². The minimum atomic E-state index is -1.77. The summed E-state index contributed by atoms with van der Waals surface area (Å²) in [5.41, 5.74) is -0.994. The number of ether oxygens (including phenoxy) is 2. The van der Waals surface area contributed by atoms with Crippen LogP contribution >= 0.6 is 0 Å². The van der Waals surface area contributed by atoms with Gasteiger partial charge in [-0.1, -0.05) is 12.1 Å². The first-order valence-electron chi connectivity index (χ1n) is 5.99. The molecule has 5 heteroatoms. The summed E-state index contributed by atoms with van der Waals surface area (Å²) in [6, 6.07) is 6.70. The second-order valence-corrected chi connectivity index (χ2v) is 4.60. The summed E-state index contributed by atoms with van der Waals surface area (Å²) >= 11 is 0. The maximum atomic E-state index is 12.4. The minimum absolute atomic E-state index is 0.213. The van der Waals surface area contributed by atoms with E-state index in [1.165, 1.54) is 20.1 Å². The predicted molar refractivity (Wildman–Crippen MR) is 71.1 cm³/mol. The zero-order chi connectivity index (χ0) is 14.9. The summed E-state index contributed by atoms with van der Waals surface area (Å²) in [6.45, 7) is 1.29. The summed E-state index contributed by atoms with van der Waals surface area (Å²) in [7, 11) is 2.69. The molecule has 1 aliphatic rings. The van der Waals surface area contributed by atoms with Crippen molar-refractivity contribution in [3.63, 3.8) is 0 Å². The van der Waals surface area contributed by atoms with Gasteiger partial charge in [-0.3, -0.25) is 14.4 Å². The highest BCUT2D eigenvalue weighted by Gasteiger charge is 2.53. The van der Waals surface area contributed by atoms with E-state index in [2.05, 4.69) is 4.74 Å². The number of methoxy groups -OCH3 is 2. The second-order valence-electron chi connectivity index (χ2n) is 4.60. The molecule has 0 aromatic heterocycles. The summed E-state index contributed by atoms with van der Waals surface area (Å²) in [6.07, 6.45) is 1.20. The molecule has 0 N–H and O–H groups in total. The largest absolute Gasteiger partial charge is 0.497 e. The van der Waals surface area contributed by atoms with E-state index in [4.69, 9.17) is 4.74 Å². The molecule has 104 valence electrons. The Morgan fingerprint density at radius 1 is 1.10 bits per heavy atom. The van der Waals surface area contributed by atoms with Gasteiger partial charge in [-0.25, -0.2) is 0 Å². The first-order chi connectivity index (χ1) is 9.44. The van der Waals surface area contributed by atoms with Crippen LogP contribution in [-0.2, 0) is 19.1 Å². The molecular formula is C15H14O5. The minimum Gasteiger partial charge on any atom is -0.497 e. The normalized spacial score (nSPS) is 21.6. The monoisotopic (exact) mass is 274 g/mol. The predicted octanol–water partition coefficient (Wildman–Crippen LogP) is 1.41. The van der Waals surface area contributed by atoms with Gasteiger partial charge >= 0.3 is 5.97 Å². The highest BCUT2D eigenvalue weighted by molar-refractivity contribution is 6.46. The number of benzene rings is 1. The third-order valence-electron chi connectivity index (χ3n) is 3.46. The van der Waals surface area contributed by atoms with Crippen LogP contribution < -0.4 is 4.74 Å². The lowest BCUT2D eigenvalue weighted by molar-refractivity contribution is -0.157. The highest BCUT2D eigenvalue weighted by atomic mass is 16.5. The summed E-state index contributed by atoms with van der Waals surface area (Å²) in [5.74, 6) is -1.30. The number of carbonyl (C=O) groups is 3. The number of esters is 1. The third-order valence-corrected chi connectivity index (χ3v) is 3.46. The van der Waals surface area contributed by atoms with Gasteiger partial charge in [0.1, 0.15) is 5.75 Å². The van der Waals surface area contributed by atoms with Gasteiger partial charge in [-0.2, -0.15) is 0 Å². The molecule has 1 aliphatic carbocycles. The Morgan fingerprint density at radius 2 is 1.70 bits per heavy atom. The molecule has 0 saturated carbocycles. The summed E-state index contributed by atoms with van der Waals surface area (Å²) in [5, 5.41) is 0. The fourth-order valence-electron chi connectivity index (χ4n) is 2.10. The summed E-state index contributed by atoms with van der Waals surface area (Å²) in [4.78, 5) is 36.1. The van der Waals surface area contributed by atoms with Crippen LogP contribution in [0.3, 0.4) is 0 Å². The van der Waals surface area contributed by atoms with Gasteiger partial charge in [0.2, 0.25) is 0 Å². The van der Waals surface area contributed by atoms with Gasteiger partial charge in [0.05, 0.1) is 14.2 Å². The van der Waals surface area contributed by atoms with E-state index in [0.29, 0.717) is 11.3 Å². The van der Waals surface area contributed by atoms with Crippen LogP contribution in [0, 0.1) is 5.41 Å². The highest BCUT2D eigenvalue weighted by Crippen LogP contribution is 2.37. The quantitative estimate of drug-likeness (QED) is 0.615. The molecule has 0 fully saturated rings. The first-order valence-corrected chi connectivity index (χ1v) is 5.99. The molecule has 0 heterocycles. The molecule has 0 spiro atoms. The van der Waals surface area contributed by atoms with E-state index in [-0.39, 0.29) is 5.57 Å². The molecule has 20 heavy (non-hydrogen) atoms. The Morgan fingerprint density at radius 3 is 2.20 bits per heavy atom. The van der Waals surface area contributed by atoms with E-state index in [0.717, 1.165) is 7.11 Å². The van der Waals surface area contributed by atoms with Gasteiger partial charge in [0.15, 0.2) is 17.0 Å². The zero-order valence-corrected chi connectivity index (χ0v) is 11.4. The van der Waals surface area contributed by atoms with Crippen molar-refractivity contribution >= 4 is 23.1 Å². The topological polar surface area (TPSA) is 69.7 Å². The second kappa shape index (κ2) is 4.92. The molecule has 0 radical (unpaired) electrons. The molecule has 1 aromatic rings. The SMILES string of the molecule is COC(=O)C1(C)C(=O)C=C(c2ccc(OC)cc2)C1=O. The van der Waals surface area contributed by atoms with E-state index in [1.54, 1.807) is 24.3 Å². The van der Waals surface area contributed by atoms with Crippen molar-refractivity contribution in [3.8, 4) is 5.75 Å². The average molecular weight is 274 g/mol. The molecule has 0 bridgehead atoms. The molecule has 1 aromatic carbocycles. The molecule has 0 saturated heterocycles. The van der Waals surface area contributed by atoms with Crippen LogP contribution in [0.25, 0.3) is 5.57 Å². The van der Waals surface area contributed by atoms with E-state index in [9.17, 15) is 14.4 Å². The lowest BCUT2D eigenvalue weighted by atomic mass is 9.83. The van der Waals surface area contributed by atoms with Crippen molar-refractivity contribution in [1.29, 1.82) is 0 Å². The number of hydrogen-bond donors (Lipinski definition) is 0. The average Bonchev–Trinajstić information content (AvgIpc) is 2.71. The number of allylic oxidation sites excluding steroid dienone is 2.